The summed E-state index contributed by atoms with van der Waals surface area (Å²) in [6.45, 7) is 7.32. The number of amides is 1. The van der Waals surface area contributed by atoms with Gasteiger partial charge in [0.15, 0.2) is 0 Å². The van der Waals surface area contributed by atoms with Crippen LogP contribution in [-0.2, 0) is 11.3 Å². The fourth-order valence-corrected chi connectivity index (χ4v) is 3.63. The molecule has 1 aromatic rings. The first-order valence-corrected chi connectivity index (χ1v) is 8.32. The van der Waals surface area contributed by atoms with Crippen LogP contribution >= 0.6 is 0 Å². The zero-order chi connectivity index (χ0) is 14.8. The zero-order valence-electron chi connectivity index (χ0n) is 13.1. The summed E-state index contributed by atoms with van der Waals surface area (Å²) in [4.78, 5) is 14.8. The quantitative estimate of drug-likeness (QED) is 0.868. The van der Waals surface area contributed by atoms with Gasteiger partial charge in [-0.05, 0) is 55.8 Å². The van der Waals surface area contributed by atoms with Crippen LogP contribution in [0.5, 0.6) is 0 Å². The average molecular weight is 286 g/mol. The van der Waals surface area contributed by atoms with Crippen molar-refractivity contribution in [2.75, 3.05) is 18.4 Å². The number of hydrogen-bond donors (Lipinski definition) is 1. The van der Waals surface area contributed by atoms with Gasteiger partial charge in [0.25, 0.3) is 0 Å². The number of carbonyl (C=O) groups excluding carboxylic acids is 1. The fourth-order valence-electron chi connectivity index (χ4n) is 3.63. The molecule has 0 aromatic heterocycles. The molecular formula is C18H26N2O. The second-order valence-electron chi connectivity index (χ2n) is 6.53. The Labute approximate surface area is 127 Å². The number of fused-ring (bicyclic) bond motifs is 1. The third kappa shape index (κ3) is 3.29. The lowest BCUT2D eigenvalue weighted by atomic mass is 10.0. The molecule has 0 aliphatic heterocycles. The second kappa shape index (κ2) is 6.18. The van der Waals surface area contributed by atoms with Crippen LogP contribution in [0.1, 0.15) is 38.7 Å². The summed E-state index contributed by atoms with van der Waals surface area (Å²) in [6, 6.07) is 8.22. The number of hydrogen-bond acceptors (Lipinski definition) is 2. The van der Waals surface area contributed by atoms with E-state index in [4.69, 9.17) is 0 Å². The zero-order valence-corrected chi connectivity index (χ0v) is 13.1. The molecule has 1 amide bonds. The van der Waals surface area contributed by atoms with Gasteiger partial charge in [-0.2, -0.15) is 0 Å². The van der Waals surface area contributed by atoms with Gasteiger partial charge < -0.3 is 5.32 Å². The van der Waals surface area contributed by atoms with Crippen LogP contribution in [0.3, 0.4) is 0 Å². The highest BCUT2D eigenvalue weighted by Crippen LogP contribution is 2.54. The van der Waals surface area contributed by atoms with Crippen molar-refractivity contribution in [3.8, 4) is 0 Å². The Balaban J connectivity index is 1.65. The molecule has 2 unspecified atom stereocenters. The number of benzene rings is 1. The Morgan fingerprint density at radius 3 is 2.48 bits per heavy atom. The minimum absolute atomic E-state index is 0.231. The van der Waals surface area contributed by atoms with Crippen LogP contribution in [0.25, 0.3) is 0 Å². The molecule has 2 saturated carbocycles. The Hall–Kier alpha value is -1.35. The third-order valence-electron chi connectivity index (χ3n) is 5.18. The lowest BCUT2D eigenvalue weighted by molar-refractivity contribution is -0.120. The van der Waals surface area contributed by atoms with E-state index in [2.05, 4.69) is 36.2 Å². The monoisotopic (exact) mass is 286 g/mol. The highest BCUT2D eigenvalue weighted by molar-refractivity contribution is 5.93. The maximum absolute atomic E-state index is 12.4. The molecule has 0 heterocycles. The topological polar surface area (TPSA) is 32.3 Å². The number of rotatable bonds is 6. The van der Waals surface area contributed by atoms with Gasteiger partial charge in [0.2, 0.25) is 5.91 Å². The molecule has 3 rings (SSSR count). The largest absolute Gasteiger partial charge is 0.326 e. The lowest BCUT2D eigenvalue weighted by Gasteiger charge is -2.21. The molecule has 2 atom stereocenters. The Bertz CT molecular complexity index is 500. The van der Waals surface area contributed by atoms with Gasteiger partial charge in [0, 0.05) is 18.2 Å². The van der Waals surface area contributed by atoms with Crippen molar-refractivity contribution in [1.82, 2.24) is 4.90 Å². The fraction of sp³-hybridized carbons (Fsp3) is 0.611. The van der Waals surface area contributed by atoms with Crippen molar-refractivity contribution in [2.45, 2.75) is 39.7 Å². The lowest BCUT2D eigenvalue weighted by Crippen LogP contribution is -2.25. The highest BCUT2D eigenvalue weighted by Gasteiger charge is 2.48. The molecule has 2 aliphatic rings. The van der Waals surface area contributed by atoms with Crippen LogP contribution in [-0.4, -0.2) is 23.9 Å². The Morgan fingerprint density at radius 2 is 1.81 bits per heavy atom. The molecular weight excluding hydrogens is 260 g/mol. The summed E-state index contributed by atoms with van der Waals surface area (Å²) >= 11 is 0. The number of carbonyl (C=O) groups is 1. The van der Waals surface area contributed by atoms with E-state index in [0.29, 0.717) is 0 Å². The second-order valence-corrected chi connectivity index (χ2v) is 6.53. The van der Waals surface area contributed by atoms with Gasteiger partial charge in [0.05, 0.1) is 0 Å². The van der Waals surface area contributed by atoms with E-state index in [-0.39, 0.29) is 11.8 Å². The molecule has 0 saturated heterocycles. The molecule has 21 heavy (non-hydrogen) atoms. The predicted molar refractivity (Wildman–Crippen MR) is 86.0 cm³/mol. The van der Waals surface area contributed by atoms with Crippen LogP contribution < -0.4 is 5.32 Å². The van der Waals surface area contributed by atoms with Crippen molar-refractivity contribution >= 4 is 11.6 Å². The maximum Gasteiger partial charge on any atom is 0.227 e. The summed E-state index contributed by atoms with van der Waals surface area (Å²) in [5.74, 6) is 2.18. The molecule has 1 aromatic carbocycles. The van der Waals surface area contributed by atoms with Crippen molar-refractivity contribution in [2.24, 2.45) is 17.8 Å². The molecule has 3 heteroatoms. The first-order chi connectivity index (χ1) is 10.2. The molecule has 0 radical (unpaired) electrons. The van der Waals surface area contributed by atoms with Crippen LogP contribution in [0.15, 0.2) is 24.3 Å². The molecule has 0 spiro atoms. The van der Waals surface area contributed by atoms with Crippen molar-refractivity contribution in [3.63, 3.8) is 0 Å². The van der Waals surface area contributed by atoms with E-state index in [1.54, 1.807) is 0 Å². The molecule has 0 bridgehead atoms. The minimum Gasteiger partial charge on any atom is -0.326 e. The van der Waals surface area contributed by atoms with E-state index >= 15 is 0 Å². The van der Waals surface area contributed by atoms with E-state index in [1.165, 1.54) is 12.0 Å². The van der Waals surface area contributed by atoms with E-state index in [1.807, 2.05) is 12.1 Å². The average Bonchev–Trinajstić information content (AvgIpc) is 3.12. The van der Waals surface area contributed by atoms with E-state index in [0.717, 1.165) is 50.0 Å². The first kappa shape index (κ1) is 14.6. The molecule has 1 N–H and O–H groups in total. The standard InChI is InChI=1S/C18H26N2O/c1-3-20(4-2)12-13-7-5-6-8-17(13)19-18(21)16-10-14-9-15(14)11-16/h5-8,14-16H,3-4,9-12H2,1-2H3,(H,19,21). The number of para-hydroxylation sites is 1. The minimum atomic E-state index is 0.231. The maximum atomic E-state index is 12.4. The van der Waals surface area contributed by atoms with Crippen molar-refractivity contribution in [3.05, 3.63) is 29.8 Å². The highest BCUT2D eigenvalue weighted by atomic mass is 16.1. The number of nitrogens with zero attached hydrogens (tertiary/aromatic N) is 1. The Kier molecular flexibility index (Phi) is 4.29. The van der Waals surface area contributed by atoms with Crippen LogP contribution in [0.2, 0.25) is 0 Å². The van der Waals surface area contributed by atoms with Crippen LogP contribution in [0, 0.1) is 17.8 Å². The molecule has 2 aliphatic carbocycles. The van der Waals surface area contributed by atoms with Gasteiger partial charge in [-0.25, -0.2) is 0 Å². The normalized spacial score (nSPS) is 26.7. The predicted octanol–water partition coefficient (Wildman–Crippen LogP) is 3.51. The summed E-state index contributed by atoms with van der Waals surface area (Å²) in [7, 11) is 0. The smallest absolute Gasteiger partial charge is 0.227 e. The molecule has 114 valence electrons. The van der Waals surface area contributed by atoms with Gasteiger partial charge in [-0.1, -0.05) is 32.0 Å². The third-order valence-corrected chi connectivity index (χ3v) is 5.18. The first-order valence-electron chi connectivity index (χ1n) is 8.32. The van der Waals surface area contributed by atoms with E-state index < -0.39 is 0 Å². The SMILES string of the molecule is CCN(CC)Cc1ccccc1NC(=O)C1CC2CC2C1. The van der Waals surface area contributed by atoms with Crippen molar-refractivity contribution in [1.29, 1.82) is 0 Å². The van der Waals surface area contributed by atoms with Gasteiger partial charge in [-0.15, -0.1) is 0 Å². The summed E-state index contributed by atoms with van der Waals surface area (Å²) in [5.41, 5.74) is 2.22. The van der Waals surface area contributed by atoms with E-state index in [9.17, 15) is 4.79 Å². The molecule has 3 nitrogen and oxygen atoms in total. The van der Waals surface area contributed by atoms with Gasteiger partial charge >= 0.3 is 0 Å². The number of nitrogens with one attached hydrogen (secondary N) is 1. The van der Waals surface area contributed by atoms with Gasteiger partial charge in [-0.3, -0.25) is 9.69 Å². The summed E-state index contributed by atoms with van der Waals surface area (Å²) in [6.07, 6.45) is 3.58. The summed E-state index contributed by atoms with van der Waals surface area (Å²) in [5, 5.41) is 3.18. The Morgan fingerprint density at radius 1 is 1.14 bits per heavy atom. The summed E-state index contributed by atoms with van der Waals surface area (Å²) < 4.78 is 0. The van der Waals surface area contributed by atoms with Crippen LogP contribution in [0.4, 0.5) is 5.69 Å². The number of anilines is 1. The van der Waals surface area contributed by atoms with Gasteiger partial charge in [0.1, 0.15) is 0 Å². The molecule has 2 fully saturated rings. The van der Waals surface area contributed by atoms with Crippen molar-refractivity contribution < 1.29 is 4.79 Å².